The van der Waals surface area contributed by atoms with Crippen molar-refractivity contribution in [2.24, 2.45) is 0 Å². The highest BCUT2D eigenvalue weighted by Crippen LogP contribution is 2.41. The third-order valence-electron chi connectivity index (χ3n) is 7.66. The summed E-state index contributed by atoms with van der Waals surface area (Å²) >= 11 is 0. The smallest absolute Gasteiger partial charge is 0.150 e. The standard InChI is InChI=1S/C29H29F2N5O3S/c1-18-28(23-4-2-3-7-32-23)35-25-15-20(30)14-22(31)27(25)29(18)34-24-16-26(36-8-10-39-11-9-36)33-17-21(24)19-5-12-40(37,38)13-6-19/h2-4,7,14-17,19H,5-6,8-13H2,1H3,(H,33,34,35). The van der Waals surface area contributed by atoms with Gasteiger partial charge in [-0.25, -0.2) is 27.2 Å². The lowest BCUT2D eigenvalue weighted by Gasteiger charge is -2.30. The van der Waals surface area contributed by atoms with Gasteiger partial charge < -0.3 is 15.0 Å². The summed E-state index contributed by atoms with van der Waals surface area (Å²) in [5.74, 6) is -0.529. The fraction of sp³-hybridized carbons (Fsp3) is 0.345. The molecule has 2 fully saturated rings. The molecule has 0 saturated carbocycles. The van der Waals surface area contributed by atoms with Gasteiger partial charge in [-0.1, -0.05) is 6.07 Å². The monoisotopic (exact) mass is 565 g/mol. The van der Waals surface area contributed by atoms with Crippen molar-refractivity contribution in [1.29, 1.82) is 0 Å². The molecule has 4 aromatic rings. The van der Waals surface area contributed by atoms with Crippen LogP contribution >= 0.6 is 0 Å². The van der Waals surface area contributed by atoms with E-state index in [1.165, 1.54) is 6.07 Å². The predicted molar refractivity (Wildman–Crippen MR) is 151 cm³/mol. The van der Waals surface area contributed by atoms with Gasteiger partial charge in [-0.3, -0.25) is 4.98 Å². The maximum atomic E-state index is 15.4. The Hall–Kier alpha value is -3.70. The zero-order valence-corrected chi connectivity index (χ0v) is 22.8. The number of fused-ring (bicyclic) bond motifs is 1. The topological polar surface area (TPSA) is 97.3 Å². The second-order valence-corrected chi connectivity index (χ2v) is 12.5. The summed E-state index contributed by atoms with van der Waals surface area (Å²) in [6.45, 7) is 4.37. The highest BCUT2D eigenvalue weighted by Gasteiger charge is 2.28. The molecule has 0 atom stereocenters. The van der Waals surface area contributed by atoms with Crippen LogP contribution in [0, 0.1) is 18.6 Å². The van der Waals surface area contributed by atoms with Crippen molar-refractivity contribution in [3.63, 3.8) is 0 Å². The van der Waals surface area contributed by atoms with Crippen LogP contribution in [0.15, 0.2) is 48.8 Å². The first-order valence-corrected chi connectivity index (χ1v) is 15.1. The fourth-order valence-corrected chi connectivity index (χ4v) is 7.00. The van der Waals surface area contributed by atoms with Gasteiger partial charge >= 0.3 is 0 Å². The van der Waals surface area contributed by atoms with Gasteiger partial charge in [-0.15, -0.1) is 0 Å². The van der Waals surface area contributed by atoms with Gasteiger partial charge in [0.1, 0.15) is 27.3 Å². The first-order chi connectivity index (χ1) is 19.3. The van der Waals surface area contributed by atoms with Crippen LogP contribution in [0.2, 0.25) is 0 Å². The summed E-state index contributed by atoms with van der Waals surface area (Å²) in [4.78, 5) is 15.9. The molecule has 2 saturated heterocycles. The lowest BCUT2D eigenvalue weighted by atomic mass is 9.93. The molecule has 3 aromatic heterocycles. The Bertz CT molecular complexity index is 1660. The summed E-state index contributed by atoms with van der Waals surface area (Å²) < 4.78 is 59.5. The fourth-order valence-electron chi connectivity index (χ4n) is 5.50. The number of hydrogen-bond donors (Lipinski definition) is 1. The van der Waals surface area contributed by atoms with Crippen LogP contribution in [0.1, 0.15) is 29.9 Å². The van der Waals surface area contributed by atoms with E-state index in [4.69, 9.17) is 9.72 Å². The number of rotatable bonds is 5. The number of morpholine rings is 1. The van der Waals surface area contributed by atoms with E-state index >= 15 is 4.39 Å². The molecule has 1 N–H and O–H groups in total. The number of sulfone groups is 1. The number of hydrogen-bond acceptors (Lipinski definition) is 8. The highest BCUT2D eigenvalue weighted by atomic mass is 32.2. The van der Waals surface area contributed by atoms with E-state index in [0.29, 0.717) is 67.5 Å². The number of ether oxygens (including phenoxy) is 1. The van der Waals surface area contributed by atoms with Gasteiger partial charge in [0.25, 0.3) is 0 Å². The minimum absolute atomic E-state index is 0.0387. The maximum absolute atomic E-state index is 15.4. The molecule has 40 heavy (non-hydrogen) atoms. The Morgan fingerprint density at radius 1 is 1.05 bits per heavy atom. The van der Waals surface area contributed by atoms with Gasteiger partial charge in [0.2, 0.25) is 0 Å². The van der Waals surface area contributed by atoms with Crippen LogP contribution in [0.5, 0.6) is 0 Å². The van der Waals surface area contributed by atoms with Gasteiger partial charge in [0, 0.05) is 54.9 Å². The molecule has 0 amide bonds. The maximum Gasteiger partial charge on any atom is 0.150 e. The third-order valence-corrected chi connectivity index (χ3v) is 9.38. The van der Waals surface area contributed by atoms with Crippen molar-refractivity contribution < 1.29 is 21.9 Å². The van der Waals surface area contributed by atoms with E-state index in [-0.39, 0.29) is 28.3 Å². The summed E-state index contributed by atoms with van der Waals surface area (Å²) in [5, 5.41) is 3.64. The van der Waals surface area contributed by atoms with Crippen molar-refractivity contribution in [2.45, 2.75) is 25.7 Å². The van der Waals surface area contributed by atoms with Crippen LogP contribution in [0.25, 0.3) is 22.3 Å². The Morgan fingerprint density at radius 2 is 1.82 bits per heavy atom. The summed E-state index contributed by atoms with van der Waals surface area (Å²) in [7, 11) is -3.07. The molecular weight excluding hydrogens is 536 g/mol. The number of pyridine rings is 3. The van der Waals surface area contributed by atoms with E-state index < -0.39 is 21.5 Å². The lowest BCUT2D eigenvalue weighted by molar-refractivity contribution is 0.122. The highest BCUT2D eigenvalue weighted by molar-refractivity contribution is 7.91. The molecule has 5 heterocycles. The van der Waals surface area contributed by atoms with Crippen molar-refractivity contribution in [1.82, 2.24) is 15.0 Å². The molecular formula is C29H29F2N5O3S. The summed E-state index contributed by atoms with van der Waals surface area (Å²) in [6, 6.07) is 9.43. The van der Waals surface area contributed by atoms with E-state index in [0.717, 1.165) is 17.4 Å². The molecule has 2 aliphatic heterocycles. The van der Waals surface area contributed by atoms with E-state index in [1.807, 2.05) is 19.1 Å². The molecule has 0 bridgehead atoms. The number of nitrogens with one attached hydrogen (secondary N) is 1. The molecule has 0 radical (unpaired) electrons. The Kier molecular flexibility index (Phi) is 7.09. The van der Waals surface area contributed by atoms with E-state index in [1.54, 1.807) is 24.5 Å². The first kappa shape index (κ1) is 26.5. The summed E-state index contributed by atoms with van der Waals surface area (Å²) in [6.07, 6.45) is 4.39. The number of halogens is 2. The Labute approximate surface area is 231 Å². The average Bonchev–Trinajstić information content (AvgIpc) is 2.95. The number of benzene rings is 1. The molecule has 2 aliphatic rings. The van der Waals surface area contributed by atoms with Gasteiger partial charge in [0.15, 0.2) is 0 Å². The van der Waals surface area contributed by atoms with Crippen LogP contribution in [0.4, 0.5) is 26.0 Å². The second-order valence-electron chi connectivity index (χ2n) is 10.2. The quantitative estimate of drug-likeness (QED) is 0.355. The molecule has 0 spiro atoms. The zero-order chi connectivity index (χ0) is 27.9. The molecule has 0 aliphatic carbocycles. The second kappa shape index (κ2) is 10.7. The normalized spacial score (nSPS) is 17.7. The van der Waals surface area contributed by atoms with Gasteiger partial charge in [-0.2, -0.15) is 0 Å². The average molecular weight is 566 g/mol. The predicted octanol–water partition coefficient (Wildman–Crippen LogP) is 5.15. The van der Waals surface area contributed by atoms with Crippen LogP contribution in [0.3, 0.4) is 0 Å². The first-order valence-electron chi connectivity index (χ1n) is 13.3. The van der Waals surface area contributed by atoms with Crippen LogP contribution in [-0.2, 0) is 14.6 Å². The molecule has 11 heteroatoms. The van der Waals surface area contributed by atoms with Crippen LogP contribution in [-0.4, -0.2) is 61.2 Å². The minimum Gasteiger partial charge on any atom is -0.378 e. The van der Waals surface area contributed by atoms with Crippen molar-refractivity contribution in [3.8, 4) is 11.4 Å². The SMILES string of the molecule is Cc1c(-c2ccccn2)nc2cc(F)cc(F)c2c1Nc1cc(N2CCOCC2)ncc1C1CCS(=O)(=O)CC1. The van der Waals surface area contributed by atoms with Crippen molar-refractivity contribution in [2.75, 3.05) is 48.0 Å². The lowest BCUT2D eigenvalue weighted by Crippen LogP contribution is -2.36. The van der Waals surface area contributed by atoms with E-state index in [2.05, 4.69) is 20.2 Å². The number of aromatic nitrogens is 3. The molecule has 0 unspecified atom stereocenters. The molecule has 208 valence electrons. The molecule has 1 aromatic carbocycles. The number of anilines is 3. The molecule has 8 nitrogen and oxygen atoms in total. The zero-order valence-electron chi connectivity index (χ0n) is 22.0. The van der Waals surface area contributed by atoms with Gasteiger partial charge in [-0.05, 0) is 43.4 Å². The van der Waals surface area contributed by atoms with Crippen LogP contribution < -0.4 is 10.2 Å². The number of nitrogens with zero attached hydrogens (tertiary/aromatic N) is 4. The summed E-state index contributed by atoms with van der Waals surface area (Å²) in [5.41, 5.74) is 3.92. The minimum atomic E-state index is -3.07. The third kappa shape index (κ3) is 5.23. The Morgan fingerprint density at radius 3 is 2.55 bits per heavy atom. The van der Waals surface area contributed by atoms with Crippen molar-refractivity contribution >= 4 is 37.9 Å². The Balaban J connectivity index is 1.52. The van der Waals surface area contributed by atoms with Crippen molar-refractivity contribution in [3.05, 3.63) is 71.6 Å². The van der Waals surface area contributed by atoms with E-state index in [9.17, 15) is 12.8 Å². The van der Waals surface area contributed by atoms with Gasteiger partial charge in [0.05, 0.1) is 52.7 Å². The molecule has 6 rings (SSSR count). The largest absolute Gasteiger partial charge is 0.378 e.